The first-order valence-corrected chi connectivity index (χ1v) is 9.45. The molecule has 5 nitrogen and oxygen atoms in total. The number of hydrogen-bond acceptors (Lipinski definition) is 3. The Labute approximate surface area is 176 Å². The zero-order valence-electron chi connectivity index (χ0n) is 16.9. The second-order valence-electron chi connectivity index (χ2n) is 7.41. The van der Waals surface area contributed by atoms with Crippen LogP contribution in [0.25, 0.3) is 0 Å². The van der Waals surface area contributed by atoms with Crippen LogP contribution < -0.4 is 10.6 Å². The second-order valence-corrected chi connectivity index (χ2v) is 7.41. The lowest BCUT2D eigenvalue weighted by Crippen LogP contribution is -2.46. The van der Waals surface area contributed by atoms with Gasteiger partial charge in [-0.25, -0.2) is 0 Å². The molecule has 0 aromatic heterocycles. The highest BCUT2D eigenvalue weighted by Crippen LogP contribution is 2.20. The molecule has 148 valence electrons. The Bertz CT molecular complexity index is 534. The summed E-state index contributed by atoms with van der Waals surface area (Å²) in [6, 6.07) is 12.3. The van der Waals surface area contributed by atoms with Crippen LogP contribution in [-0.2, 0) is 6.54 Å². The number of likely N-dealkylation sites (N-methyl/N-ethyl adjacent to an activating group) is 1. The van der Waals surface area contributed by atoms with Crippen LogP contribution in [0.15, 0.2) is 35.3 Å². The fourth-order valence-electron chi connectivity index (χ4n) is 3.24. The molecule has 2 rings (SSSR count). The minimum atomic E-state index is 0. The van der Waals surface area contributed by atoms with Gasteiger partial charge in [-0.2, -0.15) is 0 Å². The summed E-state index contributed by atoms with van der Waals surface area (Å²) < 4.78 is 0. The number of halogens is 1. The average Bonchev–Trinajstić information content (AvgIpc) is 2.93. The molecular weight excluding hydrogens is 437 g/mol. The van der Waals surface area contributed by atoms with Crippen molar-refractivity contribution in [1.82, 2.24) is 20.4 Å². The van der Waals surface area contributed by atoms with E-state index in [0.717, 1.165) is 38.6 Å². The third-order valence-electron chi connectivity index (χ3n) is 5.14. The number of nitrogens with one attached hydrogen (secondary N) is 2. The summed E-state index contributed by atoms with van der Waals surface area (Å²) in [6.45, 7) is 10.7. The molecule has 1 fully saturated rings. The van der Waals surface area contributed by atoms with E-state index in [9.17, 15) is 0 Å². The normalized spacial score (nSPS) is 21.1. The molecule has 0 aliphatic carbocycles. The van der Waals surface area contributed by atoms with Gasteiger partial charge in [-0.1, -0.05) is 30.3 Å². The Hall–Kier alpha value is -0.860. The zero-order chi connectivity index (χ0) is 18.2. The highest BCUT2D eigenvalue weighted by Gasteiger charge is 2.29. The third-order valence-corrected chi connectivity index (χ3v) is 5.14. The molecular formula is C20H36IN5. The molecule has 0 radical (unpaired) electrons. The van der Waals surface area contributed by atoms with E-state index in [1.54, 1.807) is 0 Å². The van der Waals surface area contributed by atoms with Gasteiger partial charge in [0.2, 0.25) is 0 Å². The van der Waals surface area contributed by atoms with Gasteiger partial charge in [-0.15, -0.1) is 24.0 Å². The molecule has 6 heteroatoms. The van der Waals surface area contributed by atoms with Gasteiger partial charge in [-0.05, 0) is 39.8 Å². The van der Waals surface area contributed by atoms with Gasteiger partial charge in [0.15, 0.2) is 5.96 Å². The van der Waals surface area contributed by atoms with E-state index < -0.39 is 0 Å². The van der Waals surface area contributed by atoms with Crippen LogP contribution in [0, 0.1) is 0 Å². The molecule has 2 N–H and O–H groups in total. The van der Waals surface area contributed by atoms with Crippen molar-refractivity contribution in [3.8, 4) is 0 Å². The molecule has 1 aliphatic rings. The highest BCUT2D eigenvalue weighted by atomic mass is 127. The summed E-state index contributed by atoms with van der Waals surface area (Å²) in [5.74, 6) is 0.913. The molecule has 0 bridgehead atoms. The highest BCUT2D eigenvalue weighted by molar-refractivity contribution is 14.0. The lowest BCUT2D eigenvalue weighted by molar-refractivity contribution is 0.258. The van der Waals surface area contributed by atoms with Gasteiger partial charge in [-0.3, -0.25) is 9.89 Å². The van der Waals surface area contributed by atoms with Crippen LogP contribution in [0.1, 0.15) is 32.8 Å². The SMILES string of the molecule is CN=C(NCCN(C)C(C)C)NC1CC(C)N(Cc2ccccc2)C1.I. The number of benzene rings is 1. The number of rotatable bonds is 7. The van der Waals surface area contributed by atoms with E-state index in [1.165, 1.54) is 5.56 Å². The van der Waals surface area contributed by atoms with Crippen molar-refractivity contribution in [2.24, 2.45) is 4.99 Å². The topological polar surface area (TPSA) is 42.9 Å². The fourth-order valence-corrected chi connectivity index (χ4v) is 3.24. The van der Waals surface area contributed by atoms with E-state index in [-0.39, 0.29) is 24.0 Å². The van der Waals surface area contributed by atoms with Crippen LogP contribution >= 0.6 is 24.0 Å². The number of nitrogens with zero attached hydrogens (tertiary/aromatic N) is 3. The zero-order valence-corrected chi connectivity index (χ0v) is 19.2. The molecule has 0 spiro atoms. The number of guanidine groups is 1. The van der Waals surface area contributed by atoms with Crippen LogP contribution in [0.4, 0.5) is 0 Å². The van der Waals surface area contributed by atoms with E-state index in [2.05, 4.69) is 83.6 Å². The van der Waals surface area contributed by atoms with Crippen molar-refractivity contribution in [2.75, 3.05) is 33.7 Å². The Morgan fingerprint density at radius 3 is 2.62 bits per heavy atom. The summed E-state index contributed by atoms with van der Waals surface area (Å²) in [6.07, 6.45) is 1.15. The van der Waals surface area contributed by atoms with Crippen LogP contribution in [-0.4, -0.2) is 67.6 Å². The van der Waals surface area contributed by atoms with Crippen molar-refractivity contribution in [3.63, 3.8) is 0 Å². The number of hydrogen-bond donors (Lipinski definition) is 2. The Morgan fingerprint density at radius 2 is 2.00 bits per heavy atom. The first-order chi connectivity index (χ1) is 12.0. The molecule has 1 saturated heterocycles. The molecule has 1 aromatic rings. The lowest BCUT2D eigenvalue weighted by atomic mass is 10.2. The summed E-state index contributed by atoms with van der Waals surface area (Å²) in [4.78, 5) is 9.27. The van der Waals surface area contributed by atoms with Gasteiger partial charge in [0.1, 0.15) is 0 Å². The number of likely N-dealkylation sites (tertiary alicyclic amines) is 1. The monoisotopic (exact) mass is 473 g/mol. The maximum absolute atomic E-state index is 4.38. The summed E-state index contributed by atoms with van der Waals surface area (Å²) in [5, 5.41) is 7.03. The summed E-state index contributed by atoms with van der Waals surface area (Å²) >= 11 is 0. The molecule has 1 aromatic carbocycles. The van der Waals surface area contributed by atoms with E-state index in [1.807, 2.05) is 7.05 Å². The third kappa shape index (κ3) is 7.40. The van der Waals surface area contributed by atoms with Crippen molar-refractivity contribution in [3.05, 3.63) is 35.9 Å². The molecule has 2 unspecified atom stereocenters. The standard InChI is InChI=1S/C20H35N5.HI/c1-16(2)24(5)12-11-22-20(21-4)23-19-13-17(3)25(15-19)14-18-9-7-6-8-10-18;/h6-10,16-17,19H,11-15H2,1-5H3,(H2,21,22,23);1H. The molecule has 2 atom stereocenters. The van der Waals surface area contributed by atoms with E-state index in [0.29, 0.717) is 18.1 Å². The maximum atomic E-state index is 4.38. The van der Waals surface area contributed by atoms with Crippen molar-refractivity contribution >= 4 is 29.9 Å². The van der Waals surface area contributed by atoms with E-state index in [4.69, 9.17) is 0 Å². The minimum absolute atomic E-state index is 0. The molecule has 26 heavy (non-hydrogen) atoms. The van der Waals surface area contributed by atoms with Gasteiger partial charge in [0, 0.05) is 51.4 Å². The maximum Gasteiger partial charge on any atom is 0.191 e. The first-order valence-electron chi connectivity index (χ1n) is 9.45. The van der Waals surface area contributed by atoms with Crippen LogP contribution in [0.3, 0.4) is 0 Å². The predicted octanol–water partition coefficient (Wildman–Crippen LogP) is 2.77. The molecule has 0 amide bonds. The second kappa shape index (κ2) is 11.8. The van der Waals surface area contributed by atoms with Crippen molar-refractivity contribution in [1.29, 1.82) is 0 Å². The average molecular weight is 473 g/mol. The Balaban J connectivity index is 0.00000338. The summed E-state index contributed by atoms with van der Waals surface area (Å²) in [5.41, 5.74) is 1.38. The van der Waals surface area contributed by atoms with Gasteiger partial charge in [0.25, 0.3) is 0 Å². The van der Waals surface area contributed by atoms with Crippen LogP contribution in [0.5, 0.6) is 0 Å². The fraction of sp³-hybridized carbons (Fsp3) is 0.650. The van der Waals surface area contributed by atoms with Gasteiger partial charge in [0.05, 0.1) is 0 Å². The van der Waals surface area contributed by atoms with Crippen LogP contribution in [0.2, 0.25) is 0 Å². The largest absolute Gasteiger partial charge is 0.355 e. The summed E-state index contributed by atoms with van der Waals surface area (Å²) in [7, 11) is 4.00. The van der Waals surface area contributed by atoms with Crippen molar-refractivity contribution < 1.29 is 0 Å². The molecule has 0 saturated carbocycles. The first kappa shape index (κ1) is 23.2. The van der Waals surface area contributed by atoms with Gasteiger partial charge >= 0.3 is 0 Å². The minimum Gasteiger partial charge on any atom is -0.355 e. The predicted molar refractivity (Wildman–Crippen MR) is 122 cm³/mol. The van der Waals surface area contributed by atoms with Gasteiger partial charge < -0.3 is 15.5 Å². The number of aliphatic imine (C=N–C) groups is 1. The lowest BCUT2D eigenvalue weighted by Gasteiger charge is -2.23. The molecule has 1 heterocycles. The smallest absolute Gasteiger partial charge is 0.191 e. The Morgan fingerprint density at radius 1 is 1.31 bits per heavy atom. The molecule has 1 aliphatic heterocycles. The van der Waals surface area contributed by atoms with Crippen molar-refractivity contribution in [2.45, 2.75) is 51.9 Å². The van der Waals surface area contributed by atoms with E-state index >= 15 is 0 Å². The quantitative estimate of drug-likeness (QED) is 0.363. The Kier molecular flexibility index (Phi) is 10.5.